The second-order valence-corrected chi connectivity index (χ2v) is 28.3. The van der Waals surface area contributed by atoms with Crippen LogP contribution in [0.2, 0.25) is 0 Å². The summed E-state index contributed by atoms with van der Waals surface area (Å²) in [6, 6.07) is 91.2. The van der Waals surface area contributed by atoms with Gasteiger partial charge in [0.2, 0.25) is 0 Å². The van der Waals surface area contributed by atoms with E-state index in [1.54, 1.807) is 0 Å². The standard InChI is InChI=1S/C82H76BN3O/c1-79(2,3)58-34-42-61(43-35-58)84(62-44-36-59(37-45-62)80(4,5)6)65-46-47-70-73(52-65)86(64-38-29-55(30-39-64)53-21-15-13-16-22-53)75-51-60(81(7,8)9)50-74-76(75)83(70)71-49-57(54-23-17-14-18-24-54)33-48-72(71)85(74)63-40-31-56(32-41-63)66-25-19-26-67-68-27-20-28-69(82(10,11)12)78(68)87-77(66)67/h13-52H,1-12H3. The van der Waals surface area contributed by atoms with Crippen LogP contribution in [0.1, 0.15) is 105 Å². The van der Waals surface area contributed by atoms with E-state index in [9.17, 15) is 0 Å². The number of anilines is 9. The first kappa shape index (κ1) is 55.6. The molecular weight excluding hydrogens is 1050 g/mol. The maximum absolute atomic E-state index is 6.95. The molecule has 5 heteroatoms. The van der Waals surface area contributed by atoms with Gasteiger partial charge in [0.1, 0.15) is 11.2 Å². The normalized spacial score (nSPS) is 13.2. The summed E-state index contributed by atoms with van der Waals surface area (Å²) in [4.78, 5) is 7.58. The number of furan rings is 1. The molecular formula is C82H76BN3O. The largest absolute Gasteiger partial charge is 0.455 e. The minimum Gasteiger partial charge on any atom is -0.455 e. The van der Waals surface area contributed by atoms with Crippen LogP contribution >= 0.6 is 0 Å². The van der Waals surface area contributed by atoms with Crippen LogP contribution < -0.4 is 31.1 Å². The van der Waals surface area contributed by atoms with Gasteiger partial charge in [0.25, 0.3) is 6.71 Å². The number of para-hydroxylation sites is 2. The monoisotopic (exact) mass is 1130 g/mol. The van der Waals surface area contributed by atoms with Crippen LogP contribution in [0, 0.1) is 0 Å². The van der Waals surface area contributed by atoms with Crippen LogP contribution in [0.4, 0.5) is 51.2 Å². The molecule has 0 N–H and O–H groups in total. The molecule has 0 fully saturated rings. The van der Waals surface area contributed by atoms with Gasteiger partial charge in [-0.25, -0.2) is 0 Å². The Morgan fingerprint density at radius 1 is 0.322 bits per heavy atom. The molecule has 428 valence electrons. The van der Waals surface area contributed by atoms with Crippen molar-refractivity contribution in [3.05, 3.63) is 265 Å². The van der Waals surface area contributed by atoms with Gasteiger partial charge in [-0.05, 0) is 161 Å². The van der Waals surface area contributed by atoms with Gasteiger partial charge in [0.15, 0.2) is 0 Å². The smallest absolute Gasteiger partial charge is 0.252 e. The second-order valence-electron chi connectivity index (χ2n) is 28.3. The number of fused-ring (bicyclic) bond motifs is 7. The Bertz CT molecular complexity index is 4510. The molecule has 0 unspecified atom stereocenters. The zero-order chi connectivity index (χ0) is 60.3. The Labute approximate surface area is 515 Å². The summed E-state index contributed by atoms with van der Waals surface area (Å²) in [5.74, 6) is 0. The molecule has 4 nitrogen and oxygen atoms in total. The highest BCUT2D eigenvalue weighted by Crippen LogP contribution is 2.50. The Kier molecular flexibility index (Phi) is 13.2. The minimum absolute atomic E-state index is 0.0103. The van der Waals surface area contributed by atoms with Crippen LogP contribution in [0.25, 0.3) is 55.3 Å². The number of benzene rings is 11. The van der Waals surface area contributed by atoms with Crippen LogP contribution in [-0.4, -0.2) is 6.71 Å². The molecule has 3 heterocycles. The number of rotatable bonds is 8. The molecule has 2 aliphatic heterocycles. The summed E-state index contributed by atoms with van der Waals surface area (Å²) >= 11 is 0. The fourth-order valence-electron chi connectivity index (χ4n) is 13.5. The molecule has 0 amide bonds. The van der Waals surface area contributed by atoms with Crippen molar-refractivity contribution >= 4 is 96.2 Å². The van der Waals surface area contributed by atoms with Gasteiger partial charge in [0, 0.05) is 73.1 Å². The van der Waals surface area contributed by atoms with E-state index >= 15 is 0 Å². The lowest BCUT2D eigenvalue weighted by molar-refractivity contribution is 0.573. The maximum atomic E-state index is 6.95. The van der Waals surface area contributed by atoms with E-state index in [0.29, 0.717) is 0 Å². The van der Waals surface area contributed by atoms with Crippen molar-refractivity contribution in [1.82, 2.24) is 0 Å². The highest BCUT2D eigenvalue weighted by Gasteiger charge is 2.45. The Balaban J connectivity index is 1.00. The van der Waals surface area contributed by atoms with Gasteiger partial charge in [-0.1, -0.05) is 247 Å². The van der Waals surface area contributed by atoms with Crippen molar-refractivity contribution in [3.8, 4) is 33.4 Å². The van der Waals surface area contributed by atoms with E-state index in [2.05, 4.69) is 340 Å². The molecule has 0 saturated carbocycles. The molecule has 0 bridgehead atoms. The first-order valence-electron chi connectivity index (χ1n) is 31.0. The minimum atomic E-state index is -0.202. The molecule has 2 aliphatic rings. The Morgan fingerprint density at radius 3 is 1.33 bits per heavy atom. The van der Waals surface area contributed by atoms with E-state index in [0.717, 1.165) is 67.2 Å². The third-order valence-corrected chi connectivity index (χ3v) is 18.3. The first-order valence-corrected chi connectivity index (χ1v) is 31.0. The van der Waals surface area contributed by atoms with E-state index in [4.69, 9.17) is 4.42 Å². The van der Waals surface area contributed by atoms with E-state index in [-0.39, 0.29) is 28.4 Å². The fraction of sp³-hybridized carbons (Fsp3) is 0.195. The summed E-state index contributed by atoms with van der Waals surface area (Å²) in [6.07, 6.45) is 0. The molecule has 0 spiro atoms. The lowest BCUT2D eigenvalue weighted by atomic mass is 9.33. The van der Waals surface area contributed by atoms with Gasteiger partial charge in [0.05, 0.1) is 0 Å². The van der Waals surface area contributed by atoms with Crippen molar-refractivity contribution in [1.29, 1.82) is 0 Å². The van der Waals surface area contributed by atoms with Crippen molar-refractivity contribution in [2.45, 2.75) is 105 Å². The molecule has 0 radical (unpaired) electrons. The van der Waals surface area contributed by atoms with Gasteiger partial charge >= 0.3 is 0 Å². The van der Waals surface area contributed by atoms with E-state index in [1.165, 1.54) is 78.0 Å². The van der Waals surface area contributed by atoms with Crippen LogP contribution in [0.3, 0.4) is 0 Å². The summed E-state index contributed by atoms with van der Waals surface area (Å²) in [5.41, 5.74) is 27.7. The van der Waals surface area contributed by atoms with Crippen molar-refractivity contribution in [2.75, 3.05) is 14.7 Å². The predicted octanol–water partition coefficient (Wildman–Crippen LogP) is 21.3. The third kappa shape index (κ3) is 9.82. The highest BCUT2D eigenvalue weighted by molar-refractivity contribution is 7.00. The summed E-state index contributed by atoms with van der Waals surface area (Å²) in [5, 5.41) is 2.29. The zero-order valence-electron chi connectivity index (χ0n) is 52.4. The Morgan fingerprint density at radius 2 is 0.793 bits per heavy atom. The lowest BCUT2D eigenvalue weighted by Crippen LogP contribution is -2.61. The summed E-state index contributed by atoms with van der Waals surface area (Å²) < 4.78 is 6.95. The average Bonchev–Trinajstić information content (AvgIpc) is 1.26. The van der Waals surface area contributed by atoms with Crippen LogP contribution in [0.5, 0.6) is 0 Å². The topological polar surface area (TPSA) is 22.9 Å². The second kappa shape index (κ2) is 20.7. The van der Waals surface area contributed by atoms with Gasteiger partial charge in [-0.3, -0.25) is 0 Å². The quantitative estimate of drug-likeness (QED) is 0.141. The van der Waals surface area contributed by atoms with Crippen LogP contribution in [-0.2, 0) is 21.7 Å². The predicted molar refractivity (Wildman–Crippen MR) is 374 cm³/mol. The van der Waals surface area contributed by atoms with Gasteiger partial charge < -0.3 is 19.1 Å². The Hall–Kier alpha value is -9.32. The number of hydrogen-bond acceptors (Lipinski definition) is 4. The zero-order valence-corrected chi connectivity index (χ0v) is 52.4. The van der Waals surface area contributed by atoms with E-state index in [1.807, 2.05) is 0 Å². The molecule has 1 aromatic heterocycles. The summed E-state index contributed by atoms with van der Waals surface area (Å²) in [7, 11) is 0. The molecule has 11 aromatic carbocycles. The van der Waals surface area contributed by atoms with Gasteiger partial charge in [-0.15, -0.1) is 0 Å². The average molecular weight is 1130 g/mol. The molecule has 0 saturated heterocycles. The van der Waals surface area contributed by atoms with E-state index < -0.39 is 0 Å². The third-order valence-electron chi connectivity index (χ3n) is 18.3. The lowest BCUT2D eigenvalue weighted by Gasteiger charge is -2.45. The van der Waals surface area contributed by atoms with Crippen molar-refractivity contribution < 1.29 is 4.42 Å². The molecule has 14 rings (SSSR count). The molecule has 87 heavy (non-hydrogen) atoms. The summed E-state index contributed by atoms with van der Waals surface area (Å²) in [6.45, 7) is 27.5. The molecule has 0 aliphatic carbocycles. The SMILES string of the molecule is CC(C)(C)c1ccc(N(c2ccc(C(C)(C)C)cc2)c2ccc3c(c2)N(c2ccc(-c4ccccc4)cc2)c2cc(C(C)(C)C)cc4c2B3c2cc(-c3ccccc3)ccc2N4c2ccc(-c3cccc4c3oc3c(C(C)(C)C)cccc34)cc2)cc1. The van der Waals surface area contributed by atoms with Crippen LogP contribution in [0.15, 0.2) is 247 Å². The van der Waals surface area contributed by atoms with Crippen molar-refractivity contribution in [3.63, 3.8) is 0 Å². The number of hydrogen-bond donors (Lipinski definition) is 0. The van der Waals surface area contributed by atoms with Gasteiger partial charge in [-0.2, -0.15) is 0 Å². The maximum Gasteiger partial charge on any atom is 0.252 e. The fourth-order valence-corrected chi connectivity index (χ4v) is 13.5. The highest BCUT2D eigenvalue weighted by atomic mass is 16.3. The first-order chi connectivity index (χ1) is 41.7. The van der Waals surface area contributed by atoms with Crippen molar-refractivity contribution in [2.24, 2.45) is 0 Å². The number of nitrogens with zero attached hydrogens (tertiary/aromatic N) is 3. The molecule has 12 aromatic rings. The molecule has 0 atom stereocenters.